The number of fused-ring (bicyclic) bond motifs is 2. The Balaban J connectivity index is 2.08. The van der Waals surface area contributed by atoms with E-state index in [0.29, 0.717) is 18.8 Å². The van der Waals surface area contributed by atoms with Gasteiger partial charge < -0.3 is 14.7 Å². The minimum absolute atomic E-state index is 0.131. The number of hydroxylamine groups is 2. The molecule has 5 nitrogen and oxygen atoms in total. The van der Waals surface area contributed by atoms with E-state index in [1.54, 1.807) is 0 Å². The molecule has 1 aromatic rings. The molecule has 16 heavy (non-hydrogen) atoms. The van der Waals surface area contributed by atoms with Gasteiger partial charge in [-0.3, -0.25) is 5.06 Å². The summed E-state index contributed by atoms with van der Waals surface area (Å²) in [6, 6.07) is 7.38. The van der Waals surface area contributed by atoms with Gasteiger partial charge in [-0.15, -0.1) is 0 Å². The van der Waals surface area contributed by atoms with Crippen molar-refractivity contribution in [3.05, 3.63) is 35.0 Å². The van der Waals surface area contributed by atoms with Crippen LogP contribution in [0.15, 0.2) is 24.3 Å². The van der Waals surface area contributed by atoms with Crippen molar-refractivity contribution in [1.82, 2.24) is 0 Å². The quantitative estimate of drug-likeness (QED) is 0.635. The molecule has 1 amide bonds. The average Bonchev–Trinajstić information content (AvgIpc) is 2.56. The van der Waals surface area contributed by atoms with Crippen LogP contribution in [0.3, 0.4) is 0 Å². The van der Waals surface area contributed by atoms with Crippen molar-refractivity contribution in [3.63, 3.8) is 0 Å². The summed E-state index contributed by atoms with van der Waals surface area (Å²) < 4.78 is 10.7. The van der Waals surface area contributed by atoms with Gasteiger partial charge in [-0.25, -0.2) is 0 Å². The zero-order valence-corrected chi connectivity index (χ0v) is 8.56. The van der Waals surface area contributed by atoms with Crippen molar-refractivity contribution < 1.29 is 19.3 Å². The smallest absolute Gasteiger partial charge is 0.515 e. The first-order valence-corrected chi connectivity index (χ1v) is 5.20. The lowest BCUT2D eigenvalue weighted by atomic mass is 9.88. The molecule has 84 valence electrons. The lowest BCUT2D eigenvalue weighted by molar-refractivity contribution is -0.753. The number of alkyl carbamates (subject to hydrolysis) is 1. The lowest BCUT2D eigenvalue weighted by Gasteiger charge is -2.31. The predicted octanol–water partition coefficient (Wildman–Crippen LogP) is 0.197. The molecule has 5 heteroatoms. The highest BCUT2D eigenvalue weighted by Crippen LogP contribution is 2.40. The molecule has 0 radical (unpaired) electrons. The molecule has 2 atom stereocenters. The molecular weight excluding hydrogens is 210 g/mol. The number of quaternary nitrogens is 1. The van der Waals surface area contributed by atoms with Gasteiger partial charge >= 0.3 is 6.09 Å². The molecule has 1 saturated heterocycles. The van der Waals surface area contributed by atoms with Crippen LogP contribution in [0.1, 0.15) is 12.0 Å². The number of amides is 1. The van der Waals surface area contributed by atoms with Crippen LogP contribution in [0.4, 0.5) is 4.79 Å². The summed E-state index contributed by atoms with van der Waals surface area (Å²) in [5.74, 6) is 0.705. The van der Waals surface area contributed by atoms with Crippen molar-refractivity contribution in [2.75, 3.05) is 13.2 Å². The van der Waals surface area contributed by atoms with Crippen LogP contribution in [0, 0.1) is 5.21 Å². The first kappa shape index (κ1) is 9.62. The molecule has 1 fully saturated rings. The van der Waals surface area contributed by atoms with Crippen molar-refractivity contribution in [2.45, 2.75) is 12.0 Å². The van der Waals surface area contributed by atoms with E-state index in [1.165, 1.54) is 0 Å². The second-order valence-electron chi connectivity index (χ2n) is 4.08. The third-order valence-corrected chi connectivity index (χ3v) is 3.10. The molecule has 2 aliphatic rings. The zero-order valence-electron chi connectivity index (χ0n) is 8.56. The first-order valence-electron chi connectivity index (χ1n) is 5.20. The number of para-hydroxylation sites is 1. The van der Waals surface area contributed by atoms with Gasteiger partial charge in [-0.05, 0) is 6.07 Å². The van der Waals surface area contributed by atoms with E-state index >= 15 is 0 Å². The molecular formula is C11H11NO4. The number of rotatable bonds is 0. The highest BCUT2D eigenvalue weighted by Gasteiger charge is 2.51. The minimum Gasteiger partial charge on any atom is -0.624 e. The standard InChI is InChI=1S/C11H11NO4/c13-10-12(14)7-11(16-10)5-6-15-9-4-2-1-3-8(9)11/h1-4,12H,5-7H2. The van der Waals surface area contributed by atoms with Gasteiger partial charge in [0.05, 0.1) is 6.61 Å². The molecule has 1 spiro atoms. The van der Waals surface area contributed by atoms with Crippen LogP contribution in [0.5, 0.6) is 5.75 Å². The number of benzene rings is 1. The Bertz CT molecular complexity index is 447. The van der Waals surface area contributed by atoms with Gasteiger partial charge in [0.1, 0.15) is 12.3 Å². The maximum absolute atomic E-state index is 11.3. The van der Waals surface area contributed by atoms with E-state index in [2.05, 4.69) is 0 Å². The van der Waals surface area contributed by atoms with Crippen LogP contribution in [0.25, 0.3) is 0 Å². The summed E-state index contributed by atoms with van der Waals surface area (Å²) >= 11 is 0. The van der Waals surface area contributed by atoms with Gasteiger partial charge in [0.2, 0.25) is 0 Å². The van der Waals surface area contributed by atoms with Crippen LogP contribution in [-0.2, 0) is 10.3 Å². The van der Waals surface area contributed by atoms with Crippen molar-refractivity contribution >= 4 is 6.09 Å². The highest BCUT2D eigenvalue weighted by atomic mass is 16.7. The largest absolute Gasteiger partial charge is 0.624 e. The summed E-state index contributed by atoms with van der Waals surface area (Å²) in [5.41, 5.74) is 0.0312. The Morgan fingerprint density at radius 3 is 2.94 bits per heavy atom. The molecule has 3 rings (SSSR count). The maximum atomic E-state index is 11.3. The zero-order chi connectivity index (χ0) is 11.2. The number of hydrogen-bond donors (Lipinski definition) is 1. The SMILES string of the molecule is O=C1OC2(CCOc3ccccc32)C[NH+]1[O-]. The Kier molecular flexibility index (Phi) is 1.92. The van der Waals surface area contributed by atoms with Crippen molar-refractivity contribution in [3.8, 4) is 5.75 Å². The normalized spacial score (nSPS) is 32.1. The van der Waals surface area contributed by atoms with E-state index in [9.17, 15) is 10.0 Å². The summed E-state index contributed by atoms with van der Waals surface area (Å²) in [6.07, 6.45) is -0.182. The molecule has 0 aromatic heterocycles. The predicted molar refractivity (Wildman–Crippen MR) is 53.9 cm³/mol. The van der Waals surface area contributed by atoms with Crippen LogP contribution < -0.4 is 9.80 Å². The fraction of sp³-hybridized carbons (Fsp3) is 0.364. The van der Waals surface area contributed by atoms with E-state index in [4.69, 9.17) is 9.47 Å². The number of nitrogens with one attached hydrogen (secondary N) is 1. The third-order valence-electron chi connectivity index (χ3n) is 3.10. The van der Waals surface area contributed by atoms with Crippen LogP contribution in [-0.4, -0.2) is 19.2 Å². The second kappa shape index (κ2) is 3.20. The molecule has 0 bridgehead atoms. The van der Waals surface area contributed by atoms with Crippen molar-refractivity contribution in [1.29, 1.82) is 0 Å². The summed E-state index contributed by atoms with van der Waals surface area (Å²) in [6.45, 7) is 0.601. The van der Waals surface area contributed by atoms with E-state index < -0.39 is 16.8 Å². The van der Waals surface area contributed by atoms with E-state index in [0.717, 1.165) is 5.56 Å². The Hall–Kier alpha value is -1.59. The number of hydrogen-bond acceptors (Lipinski definition) is 4. The highest BCUT2D eigenvalue weighted by molar-refractivity contribution is 5.61. The summed E-state index contributed by atoms with van der Waals surface area (Å²) in [7, 11) is 0. The van der Waals surface area contributed by atoms with Gasteiger partial charge in [0.15, 0.2) is 5.60 Å². The van der Waals surface area contributed by atoms with Gasteiger partial charge in [-0.1, -0.05) is 18.2 Å². The Morgan fingerprint density at radius 1 is 1.38 bits per heavy atom. The second-order valence-corrected chi connectivity index (χ2v) is 4.08. The molecule has 0 aliphatic carbocycles. The van der Waals surface area contributed by atoms with Gasteiger partial charge in [0, 0.05) is 12.0 Å². The van der Waals surface area contributed by atoms with Gasteiger partial charge in [0.25, 0.3) is 0 Å². The van der Waals surface area contributed by atoms with Crippen LogP contribution >= 0.6 is 0 Å². The van der Waals surface area contributed by atoms with Crippen LogP contribution in [0.2, 0.25) is 0 Å². The Morgan fingerprint density at radius 2 is 2.19 bits per heavy atom. The number of carbonyl (C=O) groups excluding carboxylic acids is 1. The molecule has 1 aromatic carbocycles. The fourth-order valence-electron chi connectivity index (χ4n) is 2.32. The lowest BCUT2D eigenvalue weighted by Crippen LogP contribution is -3.08. The summed E-state index contributed by atoms with van der Waals surface area (Å²) in [4.78, 5) is 11.2. The van der Waals surface area contributed by atoms with Crippen molar-refractivity contribution in [2.24, 2.45) is 0 Å². The molecule has 1 N–H and O–H groups in total. The molecule has 0 saturated carbocycles. The monoisotopic (exact) mass is 221 g/mol. The topological polar surface area (TPSA) is 63.0 Å². The molecule has 2 unspecified atom stereocenters. The summed E-state index contributed by atoms with van der Waals surface area (Å²) in [5, 5.41) is 10.9. The van der Waals surface area contributed by atoms with E-state index in [-0.39, 0.29) is 6.54 Å². The number of ether oxygens (including phenoxy) is 2. The van der Waals surface area contributed by atoms with Gasteiger partial charge in [-0.2, -0.15) is 4.79 Å². The van der Waals surface area contributed by atoms with E-state index in [1.807, 2.05) is 24.3 Å². The third kappa shape index (κ3) is 1.22. The minimum atomic E-state index is -0.775. The average molecular weight is 221 g/mol. The Labute approximate surface area is 92.1 Å². The first-order chi connectivity index (χ1) is 7.71. The maximum Gasteiger partial charge on any atom is 0.515 e. The molecule has 2 heterocycles. The number of carbonyl (C=O) groups is 1. The fourth-order valence-corrected chi connectivity index (χ4v) is 2.32. The molecule has 2 aliphatic heterocycles.